The van der Waals surface area contributed by atoms with Crippen LogP contribution in [0.4, 0.5) is 4.39 Å². The third-order valence-electron chi connectivity index (χ3n) is 5.68. The third-order valence-corrected chi connectivity index (χ3v) is 5.68. The SMILES string of the molecule is Cc1ccc(C(=O)N2C[C@H]3C[C@H]3[C@H]2CN)c(-c2ccc(F)c(C)c2)c1. The second-order valence-corrected chi connectivity index (χ2v) is 7.43. The summed E-state index contributed by atoms with van der Waals surface area (Å²) < 4.78 is 13.7. The van der Waals surface area contributed by atoms with Gasteiger partial charge in [0, 0.05) is 24.7 Å². The van der Waals surface area contributed by atoms with Crippen molar-refractivity contribution in [1.82, 2.24) is 4.90 Å². The molecule has 1 saturated heterocycles. The number of halogens is 1. The molecule has 3 atom stereocenters. The van der Waals surface area contributed by atoms with Crippen molar-refractivity contribution in [1.29, 1.82) is 0 Å². The normalized spacial score (nSPS) is 24.3. The maximum atomic E-state index is 13.7. The first-order chi connectivity index (χ1) is 12.0. The van der Waals surface area contributed by atoms with Gasteiger partial charge in [0.15, 0.2) is 0 Å². The number of nitrogens with zero attached hydrogens (tertiary/aromatic N) is 1. The summed E-state index contributed by atoms with van der Waals surface area (Å²) in [5.41, 5.74) is 10.0. The van der Waals surface area contributed by atoms with Crippen LogP contribution in [-0.2, 0) is 0 Å². The Morgan fingerprint density at radius 1 is 1.24 bits per heavy atom. The quantitative estimate of drug-likeness (QED) is 0.931. The molecule has 1 aliphatic carbocycles. The van der Waals surface area contributed by atoms with Gasteiger partial charge in [-0.3, -0.25) is 4.79 Å². The Balaban J connectivity index is 1.75. The number of piperidine rings is 1. The van der Waals surface area contributed by atoms with E-state index in [1.54, 1.807) is 13.0 Å². The minimum Gasteiger partial charge on any atom is -0.334 e. The fourth-order valence-electron chi connectivity index (χ4n) is 4.16. The minimum atomic E-state index is -0.230. The van der Waals surface area contributed by atoms with Crippen LogP contribution in [0.5, 0.6) is 0 Å². The number of nitrogens with two attached hydrogens (primary N) is 1. The van der Waals surface area contributed by atoms with Crippen LogP contribution in [0.15, 0.2) is 36.4 Å². The molecule has 1 aliphatic heterocycles. The molecule has 1 saturated carbocycles. The maximum absolute atomic E-state index is 13.7. The van der Waals surface area contributed by atoms with E-state index in [4.69, 9.17) is 5.73 Å². The molecule has 4 rings (SSSR count). The van der Waals surface area contributed by atoms with E-state index in [1.165, 1.54) is 12.5 Å². The van der Waals surface area contributed by atoms with Gasteiger partial charge in [-0.15, -0.1) is 0 Å². The molecular weight excluding hydrogens is 315 g/mol. The first-order valence-electron chi connectivity index (χ1n) is 8.88. The summed E-state index contributed by atoms with van der Waals surface area (Å²) >= 11 is 0. The Hall–Kier alpha value is -2.20. The third kappa shape index (κ3) is 2.74. The standard InChI is InChI=1S/C21H23FN2O/c1-12-3-5-16(17(7-12)14-4-6-19(22)13(2)8-14)21(25)24-11-15-9-18(15)20(24)10-23/h3-8,15,18,20H,9-11,23H2,1-2H3/t15-,18-,20-/m1/s1. The lowest BCUT2D eigenvalue weighted by molar-refractivity contribution is 0.0713. The number of amides is 1. The van der Waals surface area contributed by atoms with Crippen molar-refractivity contribution in [2.24, 2.45) is 17.6 Å². The lowest BCUT2D eigenvalue weighted by Gasteiger charge is -2.27. The molecule has 0 unspecified atom stereocenters. The van der Waals surface area contributed by atoms with Crippen molar-refractivity contribution in [3.8, 4) is 11.1 Å². The molecular formula is C21H23FN2O. The summed E-state index contributed by atoms with van der Waals surface area (Å²) in [6.45, 7) is 5.07. The fraction of sp³-hybridized carbons (Fsp3) is 0.381. The van der Waals surface area contributed by atoms with E-state index in [0.717, 1.165) is 23.2 Å². The smallest absolute Gasteiger partial charge is 0.254 e. The molecule has 0 spiro atoms. The molecule has 130 valence electrons. The lowest BCUT2D eigenvalue weighted by Crippen LogP contribution is -2.43. The molecule has 3 nitrogen and oxygen atoms in total. The second kappa shape index (κ2) is 5.95. The predicted octanol–water partition coefficient (Wildman–Crippen LogP) is 3.53. The Bertz CT molecular complexity index is 848. The molecule has 25 heavy (non-hydrogen) atoms. The van der Waals surface area contributed by atoms with Crippen LogP contribution < -0.4 is 5.73 Å². The molecule has 2 fully saturated rings. The second-order valence-electron chi connectivity index (χ2n) is 7.43. The van der Waals surface area contributed by atoms with Gasteiger partial charge in [0.05, 0.1) is 0 Å². The molecule has 2 aromatic carbocycles. The van der Waals surface area contributed by atoms with Gasteiger partial charge >= 0.3 is 0 Å². The Kier molecular flexibility index (Phi) is 3.88. The predicted molar refractivity (Wildman–Crippen MR) is 96.8 cm³/mol. The Morgan fingerprint density at radius 3 is 2.76 bits per heavy atom. The molecule has 1 amide bonds. The summed E-state index contributed by atoms with van der Waals surface area (Å²) in [4.78, 5) is 15.2. The Labute approximate surface area is 147 Å². The molecule has 1 heterocycles. The van der Waals surface area contributed by atoms with Crippen LogP contribution in [0.3, 0.4) is 0 Å². The van der Waals surface area contributed by atoms with Crippen LogP contribution in [0.2, 0.25) is 0 Å². The largest absolute Gasteiger partial charge is 0.334 e. The van der Waals surface area contributed by atoms with E-state index < -0.39 is 0 Å². The highest BCUT2D eigenvalue weighted by Gasteiger charge is 2.53. The molecule has 4 heteroatoms. The van der Waals surface area contributed by atoms with Gasteiger partial charge in [-0.05, 0) is 67.0 Å². The van der Waals surface area contributed by atoms with Crippen molar-refractivity contribution >= 4 is 5.91 Å². The van der Waals surface area contributed by atoms with E-state index >= 15 is 0 Å². The van der Waals surface area contributed by atoms with Gasteiger partial charge in [0.25, 0.3) is 5.91 Å². The summed E-state index contributed by atoms with van der Waals surface area (Å²) in [6, 6.07) is 11.0. The Morgan fingerprint density at radius 2 is 2.04 bits per heavy atom. The summed E-state index contributed by atoms with van der Waals surface area (Å²) in [5, 5.41) is 0. The van der Waals surface area contributed by atoms with Gasteiger partial charge in [0.1, 0.15) is 5.82 Å². The highest BCUT2D eigenvalue weighted by atomic mass is 19.1. The van der Waals surface area contributed by atoms with Crippen molar-refractivity contribution in [2.45, 2.75) is 26.3 Å². The van der Waals surface area contributed by atoms with Crippen LogP contribution in [0.1, 0.15) is 27.9 Å². The van der Waals surface area contributed by atoms with E-state index in [-0.39, 0.29) is 17.8 Å². The first kappa shape index (κ1) is 16.3. The zero-order valence-corrected chi connectivity index (χ0v) is 14.6. The number of carbonyl (C=O) groups is 1. The number of fused-ring (bicyclic) bond motifs is 1. The lowest BCUT2D eigenvalue weighted by atomic mass is 9.95. The average molecular weight is 338 g/mol. The minimum absolute atomic E-state index is 0.0413. The van der Waals surface area contributed by atoms with Crippen LogP contribution in [0, 0.1) is 31.5 Å². The van der Waals surface area contributed by atoms with Crippen molar-refractivity contribution in [3.05, 3.63) is 58.9 Å². The number of hydrogen-bond donors (Lipinski definition) is 1. The summed E-state index contributed by atoms with van der Waals surface area (Å²) in [5.74, 6) is 1.02. The number of likely N-dealkylation sites (tertiary alicyclic amines) is 1. The van der Waals surface area contributed by atoms with Crippen molar-refractivity contribution < 1.29 is 9.18 Å². The number of hydrogen-bond acceptors (Lipinski definition) is 2. The topological polar surface area (TPSA) is 46.3 Å². The maximum Gasteiger partial charge on any atom is 0.254 e. The molecule has 2 N–H and O–H groups in total. The molecule has 0 radical (unpaired) electrons. The van der Waals surface area contributed by atoms with Crippen molar-refractivity contribution in [3.63, 3.8) is 0 Å². The van der Waals surface area contributed by atoms with Crippen molar-refractivity contribution in [2.75, 3.05) is 13.1 Å². The van der Waals surface area contributed by atoms with E-state index in [2.05, 4.69) is 0 Å². The molecule has 0 aromatic heterocycles. The van der Waals surface area contributed by atoms with Gasteiger partial charge in [-0.2, -0.15) is 0 Å². The van der Waals surface area contributed by atoms with E-state index in [0.29, 0.717) is 29.5 Å². The molecule has 2 aliphatic rings. The number of aryl methyl sites for hydroxylation is 2. The number of carbonyl (C=O) groups excluding carboxylic acids is 1. The highest BCUT2D eigenvalue weighted by Crippen LogP contribution is 2.49. The molecule has 0 bridgehead atoms. The first-order valence-corrected chi connectivity index (χ1v) is 8.88. The zero-order valence-electron chi connectivity index (χ0n) is 14.6. The zero-order chi connectivity index (χ0) is 17.7. The van der Waals surface area contributed by atoms with Gasteiger partial charge in [-0.1, -0.05) is 23.8 Å². The van der Waals surface area contributed by atoms with E-state index in [1.807, 2.05) is 36.1 Å². The van der Waals surface area contributed by atoms with E-state index in [9.17, 15) is 9.18 Å². The fourth-order valence-corrected chi connectivity index (χ4v) is 4.16. The average Bonchev–Trinajstić information content (AvgIpc) is 3.27. The highest BCUT2D eigenvalue weighted by molar-refractivity contribution is 6.01. The summed E-state index contributed by atoms with van der Waals surface area (Å²) in [7, 11) is 0. The molecule has 2 aromatic rings. The van der Waals surface area contributed by atoms with Gasteiger partial charge < -0.3 is 10.6 Å². The van der Waals surface area contributed by atoms with Crippen LogP contribution >= 0.6 is 0 Å². The summed E-state index contributed by atoms with van der Waals surface area (Å²) in [6.07, 6.45) is 1.20. The van der Waals surface area contributed by atoms with Gasteiger partial charge in [0.2, 0.25) is 0 Å². The number of benzene rings is 2. The monoisotopic (exact) mass is 338 g/mol. The van der Waals surface area contributed by atoms with Crippen LogP contribution in [-0.4, -0.2) is 29.9 Å². The van der Waals surface area contributed by atoms with Gasteiger partial charge in [-0.25, -0.2) is 4.39 Å². The van der Waals surface area contributed by atoms with Crippen LogP contribution in [0.25, 0.3) is 11.1 Å². The number of rotatable bonds is 3.